The van der Waals surface area contributed by atoms with Crippen molar-refractivity contribution in [2.75, 3.05) is 19.7 Å². The number of nitrogens with one attached hydrogen (secondary N) is 1. The highest BCUT2D eigenvalue weighted by atomic mass is 16.5. The molecular weight excluding hydrogens is 126 g/mol. The first-order chi connectivity index (χ1) is 4.61. The van der Waals surface area contributed by atoms with Crippen molar-refractivity contribution in [1.29, 1.82) is 0 Å². The van der Waals surface area contributed by atoms with Crippen LogP contribution in [0.4, 0.5) is 0 Å². The minimum Gasteiger partial charge on any atom is -0.375 e. The fourth-order valence-corrected chi connectivity index (χ4v) is 1.12. The maximum Gasteiger partial charge on any atom is 0.0748 e. The summed E-state index contributed by atoms with van der Waals surface area (Å²) in [5, 5.41) is 3.32. The fourth-order valence-electron chi connectivity index (χ4n) is 1.12. The molecule has 1 N–H and O–H groups in total. The molecule has 10 heavy (non-hydrogen) atoms. The van der Waals surface area contributed by atoms with Crippen LogP contribution in [0.3, 0.4) is 0 Å². The van der Waals surface area contributed by atoms with E-state index in [0.29, 0.717) is 6.10 Å². The summed E-state index contributed by atoms with van der Waals surface area (Å²) in [7, 11) is 0. The predicted molar refractivity (Wildman–Crippen MR) is 42.1 cm³/mol. The normalized spacial score (nSPS) is 28.5. The second-order valence-corrected chi connectivity index (χ2v) is 3.93. The Kier molecular flexibility index (Phi) is 2.32. The molecule has 0 aromatic rings. The van der Waals surface area contributed by atoms with Crippen LogP contribution < -0.4 is 5.32 Å². The van der Waals surface area contributed by atoms with E-state index in [9.17, 15) is 0 Å². The van der Waals surface area contributed by atoms with Crippen LogP contribution in [0.15, 0.2) is 0 Å². The van der Waals surface area contributed by atoms with Gasteiger partial charge in [-0.15, -0.1) is 0 Å². The van der Waals surface area contributed by atoms with Crippen LogP contribution in [-0.2, 0) is 4.74 Å². The van der Waals surface area contributed by atoms with Gasteiger partial charge in [0.25, 0.3) is 0 Å². The Morgan fingerprint density at radius 2 is 2.10 bits per heavy atom. The summed E-state index contributed by atoms with van der Waals surface area (Å²) in [5.74, 6) is 0. The maximum absolute atomic E-state index is 5.58. The van der Waals surface area contributed by atoms with Gasteiger partial charge >= 0.3 is 0 Å². The molecule has 0 aromatic carbocycles. The van der Waals surface area contributed by atoms with Gasteiger partial charge in [-0.1, -0.05) is 20.8 Å². The number of morpholine rings is 1. The van der Waals surface area contributed by atoms with Crippen LogP contribution in [0.25, 0.3) is 0 Å². The van der Waals surface area contributed by atoms with E-state index in [-0.39, 0.29) is 5.41 Å². The van der Waals surface area contributed by atoms with Gasteiger partial charge in [-0.05, 0) is 5.41 Å². The first kappa shape index (κ1) is 8.02. The SMILES string of the molecule is CC(C)(C)C1CNCCO1. The quantitative estimate of drug-likeness (QED) is 0.546. The third-order valence-corrected chi connectivity index (χ3v) is 1.89. The lowest BCUT2D eigenvalue weighted by molar-refractivity contribution is -0.0361. The van der Waals surface area contributed by atoms with Crippen molar-refractivity contribution in [3.05, 3.63) is 0 Å². The van der Waals surface area contributed by atoms with Crippen LogP contribution in [-0.4, -0.2) is 25.8 Å². The molecule has 0 saturated carbocycles. The fraction of sp³-hybridized carbons (Fsp3) is 1.00. The van der Waals surface area contributed by atoms with E-state index >= 15 is 0 Å². The predicted octanol–water partition coefficient (Wildman–Crippen LogP) is 1.02. The number of hydrogen-bond acceptors (Lipinski definition) is 2. The van der Waals surface area contributed by atoms with Gasteiger partial charge in [0.1, 0.15) is 0 Å². The van der Waals surface area contributed by atoms with Crippen molar-refractivity contribution >= 4 is 0 Å². The lowest BCUT2D eigenvalue weighted by atomic mass is 9.88. The monoisotopic (exact) mass is 143 g/mol. The molecule has 2 heteroatoms. The van der Waals surface area contributed by atoms with Gasteiger partial charge in [0, 0.05) is 13.1 Å². The van der Waals surface area contributed by atoms with Crippen molar-refractivity contribution < 1.29 is 4.74 Å². The molecule has 1 aliphatic heterocycles. The van der Waals surface area contributed by atoms with Crippen LogP contribution >= 0.6 is 0 Å². The number of rotatable bonds is 0. The van der Waals surface area contributed by atoms with E-state index in [0.717, 1.165) is 19.7 Å². The molecule has 1 rings (SSSR count). The lowest BCUT2D eigenvalue weighted by Gasteiger charge is -2.34. The van der Waals surface area contributed by atoms with E-state index in [4.69, 9.17) is 4.74 Å². The van der Waals surface area contributed by atoms with E-state index in [1.54, 1.807) is 0 Å². The third kappa shape index (κ3) is 1.96. The molecule has 60 valence electrons. The minimum absolute atomic E-state index is 0.285. The molecule has 1 fully saturated rings. The number of hydrogen-bond donors (Lipinski definition) is 1. The molecule has 1 unspecified atom stereocenters. The first-order valence-corrected chi connectivity index (χ1v) is 3.93. The highest BCUT2D eigenvalue weighted by Crippen LogP contribution is 2.22. The van der Waals surface area contributed by atoms with Gasteiger partial charge in [0.2, 0.25) is 0 Å². The Bertz CT molecular complexity index is 100. The zero-order chi connectivity index (χ0) is 7.61. The van der Waals surface area contributed by atoms with Crippen molar-refractivity contribution in [3.8, 4) is 0 Å². The van der Waals surface area contributed by atoms with E-state index < -0.39 is 0 Å². The van der Waals surface area contributed by atoms with E-state index in [1.807, 2.05) is 0 Å². The topological polar surface area (TPSA) is 21.3 Å². The van der Waals surface area contributed by atoms with Gasteiger partial charge < -0.3 is 10.1 Å². The van der Waals surface area contributed by atoms with Crippen LogP contribution in [0.1, 0.15) is 20.8 Å². The molecule has 0 aromatic heterocycles. The van der Waals surface area contributed by atoms with Crippen LogP contribution in [0.5, 0.6) is 0 Å². The van der Waals surface area contributed by atoms with E-state index in [1.165, 1.54) is 0 Å². The first-order valence-electron chi connectivity index (χ1n) is 3.93. The molecule has 0 bridgehead atoms. The van der Waals surface area contributed by atoms with Crippen molar-refractivity contribution in [2.24, 2.45) is 5.41 Å². The van der Waals surface area contributed by atoms with Crippen LogP contribution in [0.2, 0.25) is 0 Å². The van der Waals surface area contributed by atoms with Crippen molar-refractivity contribution in [3.63, 3.8) is 0 Å². The van der Waals surface area contributed by atoms with Gasteiger partial charge in [0.15, 0.2) is 0 Å². The zero-order valence-electron chi connectivity index (χ0n) is 7.11. The van der Waals surface area contributed by atoms with Crippen LogP contribution in [0, 0.1) is 5.41 Å². The Labute approximate surface area is 63.0 Å². The maximum atomic E-state index is 5.58. The summed E-state index contributed by atoms with van der Waals surface area (Å²) < 4.78 is 5.58. The van der Waals surface area contributed by atoms with E-state index in [2.05, 4.69) is 26.1 Å². The lowest BCUT2D eigenvalue weighted by Crippen LogP contribution is -2.45. The average molecular weight is 143 g/mol. The standard InChI is InChI=1S/C8H17NO/c1-8(2,3)7-6-9-4-5-10-7/h7,9H,4-6H2,1-3H3. The summed E-state index contributed by atoms with van der Waals surface area (Å²) in [4.78, 5) is 0. The van der Waals surface area contributed by atoms with Gasteiger partial charge in [0.05, 0.1) is 12.7 Å². The Hall–Kier alpha value is -0.0800. The van der Waals surface area contributed by atoms with Crippen molar-refractivity contribution in [2.45, 2.75) is 26.9 Å². The smallest absolute Gasteiger partial charge is 0.0748 e. The second-order valence-electron chi connectivity index (χ2n) is 3.93. The highest BCUT2D eigenvalue weighted by Gasteiger charge is 2.26. The second kappa shape index (κ2) is 2.89. The van der Waals surface area contributed by atoms with Gasteiger partial charge in [-0.2, -0.15) is 0 Å². The van der Waals surface area contributed by atoms with Crippen molar-refractivity contribution in [1.82, 2.24) is 5.32 Å². The third-order valence-electron chi connectivity index (χ3n) is 1.89. The molecule has 0 amide bonds. The average Bonchev–Trinajstić information content (AvgIpc) is 1.88. The summed E-state index contributed by atoms with van der Waals surface area (Å²) in [5.41, 5.74) is 0.285. The molecule has 1 aliphatic rings. The Morgan fingerprint density at radius 1 is 1.40 bits per heavy atom. The highest BCUT2D eigenvalue weighted by molar-refractivity contribution is 4.78. The summed E-state index contributed by atoms with van der Waals surface area (Å²) >= 11 is 0. The largest absolute Gasteiger partial charge is 0.375 e. The summed E-state index contributed by atoms with van der Waals surface area (Å²) in [6.07, 6.45) is 0.390. The zero-order valence-corrected chi connectivity index (χ0v) is 7.11. The minimum atomic E-state index is 0.285. The molecule has 1 saturated heterocycles. The molecular formula is C8H17NO. The number of ether oxygens (including phenoxy) is 1. The molecule has 1 heterocycles. The molecule has 2 nitrogen and oxygen atoms in total. The summed E-state index contributed by atoms with van der Waals surface area (Å²) in [6, 6.07) is 0. The van der Waals surface area contributed by atoms with Gasteiger partial charge in [-0.25, -0.2) is 0 Å². The molecule has 0 aliphatic carbocycles. The molecule has 0 spiro atoms. The van der Waals surface area contributed by atoms with Gasteiger partial charge in [-0.3, -0.25) is 0 Å². The Balaban J connectivity index is 2.39. The Morgan fingerprint density at radius 3 is 2.40 bits per heavy atom. The molecule has 0 radical (unpaired) electrons. The molecule has 1 atom stereocenters. The summed E-state index contributed by atoms with van der Waals surface area (Å²) in [6.45, 7) is 9.51.